The van der Waals surface area contributed by atoms with Gasteiger partial charge in [-0.05, 0) is 49.2 Å². The molecule has 1 amide bonds. The average molecular weight is 451 g/mol. The van der Waals surface area contributed by atoms with Gasteiger partial charge in [-0.2, -0.15) is 0 Å². The van der Waals surface area contributed by atoms with Gasteiger partial charge in [0.25, 0.3) is 5.91 Å². The number of benzene rings is 2. The van der Waals surface area contributed by atoms with Gasteiger partial charge in [0, 0.05) is 37.2 Å². The molecule has 2 N–H and O–H groups in total. The van der Waals surface area contributed by atoms with Crippen molar-refractivity contribution in [2.75, 3.05) is 26.2 Å². The van der Waals surface area contributed by atoms with E-state index in [0.717, 1.165) is 43.0 Å². The standard InChI is InChI=1S/C21H21Cl2FN4O2/c22-13-1-4-19-18(11-13)26-21(30)28(19)15-5-8-27(9-6-15)10-7-25-20(29)16-3-2-14(24)12-17(16)23/h1-4,11-12,15H,5-10H2,(H,25,29)(H,26,30). The van der Waals surface area contributed by atoms with Crippen LogP contribution in [0.5, 0.6) is 0 Å². The van der Waals surface area contributed by atoms with Crippen LogP contribution in [0.4, 0.5) is 4.39 Å². The van der Waals surface area contributed by atoms with Crippen LogP contribution in [0.2, 0.25) is 10.0 Å². The lowest BCUT2D eigenvalue weighted by Crippen LogP contribution is -2.41. The number of aromatic nitrogens is 2. The second-order valence-electron chi connectivity index (χ2n) is 7.41. The molecule has 1 aliphatic heterocycles. The smallest absolute Gasteiger partial charge is 0.326 e. The Kier molecular flexibility index (Phi) is 6.13. The van der Waals surface area contributed by atoms with Crippen LogP contribution in [0, 0.1) is 5.82 Å². The number of piperidine rings is 1. The van der Waals surface area contributed by atoms with Crippen molar-refractivity contribution in [3.05, 3.63) is 68.3 Å². The number of imidazole rings is 1. The van der Waals surface area contributed by atoms with E-state index in [1.807, 2.05) is 10.6 Å². The number of H-pyrrole nitrogens is 1. The Labute approximate surface area is 182 Å². The number of nitrogens with zero attached hydrogens (tertiary/aromatic N) is 2. The number of halogens is 3. The molecule has 0 aliphatic carbocycles. The van der Waals surface area contributed by atoms with Crippen LogP contribution >= 0.6 is 23.2 Å². The Bertz CT molecular complexity index is 1140. The van der Waals surface area contributed by atoms with E-state index < -0.39 is 5.82 Å². The minimum atomic E-state index is -0.475. The van der Waals surface area contributed by atoms with Crippen LogP contribution in [-0.2, 0) is 0 Å². The Morgan fingerprint density at radius 1 is 1.17 bits per heavy atom. The highest BCUT2D eigenvalue weighted by molar-refractivity contribution is 6.33. The maximum absolute atomic E-state index is 13.1. The number of nitrogens with one attached hydrogen (secondary N) is 2. The van der Waals surface area contributed by atoms with Crippen molar-refractivity contribution < 1.29 is 9.18 Å². The fourth-order valence-electron chi connectivity index (χ4n) is 3.96. The Balaban J connectivity index is 1.31. The van der Waals surface area contributed by atoms with Gasteiger partial charge in [-0.3, -0.25) is 9.36 Å². The Morgan fingerprint density at radius 3 is 2.67 bits per heavy atom. The quantitative estimate of drug-likeness (QED) is 0.620. The van der Waals surface area contributed by atoms with Crippen molar-refractivity contribution in [2.45, 2.75) is 18.9 Å². The largest absolute Gasteiger partial charge is 0.351 e. The molecule has 0 saturated carbocycles. The number of rotatable bonds is 5. The van der Waals surface area contributed by atoms with Crippen LogP contribution in [0.25, 0.3) is 11.0 Å². The maximum atomic E-state index is 13.1. The monoisotopic (exact) mass is 450 g/mol. The van der Waals surface area contributed by atoms with Crippen molar-refractivity contribution in [2.24, 2.45) is 0 Å². The Hall–Kier alpha value is -2.35. The van der Waals surface area contributed by atoms with Crippen LogP contribution in [0.1, 0.15) is 29.2 Å². The second-order valence-corrected chi connectivity index (χ2v) is 8.26. The topological polar surface area (TPSA) is 70.1 Å². The SMILES string of the molecule is O=C(NCCN1CCC(n2c(=O)[nH]c3cc(Cl)ccc32)CC1)c1ccc(F)cc1Cl. The molecule has 1 aliphatic rings. The number of fused-ring (bicyclic) bond motifs is 1. The molecule has 158 valence electrons. The summed E-state index contributed by atoms with van der Waals surface area (Å²) in [6.45, 7) is 2.80. The van der Waals surface area contributed by atoms with Gasteiger partial charge in [0.15, 0.2) is 0 Å². The number of carbonyl (C=O) groups excluding carboxylic acids is 1. The summed E-state index contributed by atoms with van der Waals surface area (Å²) in [5.74, 6) is -0.796. The van der Waals surface area contributed by atoms with E-state index in [4.69, 9.17) is 23.2 Å². The number of carbonyl (C=O) groups is 1. The lowest BCUT2D eigenvalue weighted by Gasteiger charge is -2.32. The molecule has 0 spiro atoms. The van der Waals surface area contributed by atoms with Crippen molar-refractivity contribution in [1.29, 1.82) is 0 Å². The number of amides is 1. The first-order chi connectivity index (χ1) is 14.4. The van der Waals surface area contributed by atoms with E-state index in [0.29, 0.717) is 18.1 Å². The third-order valence-corrected chi connectivity index (χ3v) is 6.04. The third kappa shape index (κ3) is 4.38. The predicted octanol–water partition coefficient (Wildman–Crippen LogP) is 3.84. The molecule has 1 saturated heterocycles. The van der Waals surface area contributed by atoms with Gasteiger partial charge >= 0.3 is 5.69 Å². The molecule has 4 rings (SSSR count). The molecule has 2 heterocycles. The molecular formula is C21H21Cl2FN4O2. The molecule has 1 fully saturated rings. The highest BCUT2D eigenvalue weighted by Crippen LogP contribution is 2.26. The molecule has 0 atom stereocenters. The molecule has 3 aromatic rings. The minimum absolute atomic E-state index is 0.0961. The van der Waals surface area contributed by atoms with E-state index >= 15 is 0 Å². The van der Waals surface area contributed by atoms with Gasteiger partial charge in [-0.15, -0.1) is 0 Å². The number of hydrogen-bond acceptors (Lipinski definition) is 3. The van der Waals surface area contributed by atoms with Crippen molar-refractivity contribution in [1.82, 2.24) is 19.8 Å². The Morgan fingerprint density at radius 2 is 1.93 bits per heavy atom. The first kappa shape index (κ1) is 20.9. The van der Waals surface area contributed by atoms with Crippen LogP contribution < -0.4 is 11.0 Å². The summed E-state index contributed by atoms with van der Waals surface area (Å²) in [6.07, 6.45) is 1.68. The summed E-state index contributed by atoms with van der Waals surface area (Å²) in [5, 5.41) is 3.51. The number of likely N-dealkylation sites (tertiary alicyclic amines) is 1. The van der Waals surface area contributed by atoms with Gasteiger partial charge in [0.05, 0.1) is 21.6 Å². The normalized spacial score (nSPS) is 15.6. The van der Waals surface area contributed by atoms with Crippen LogP contribution in [-0.4, -0.2) is 46.5 Å². The van der Waals surface area contributed by atoms with Crippen molar-refractivity contribution in [3.63, 3.8) is 0 Å². The van der Waals surface area contributed by atoms with E-state index in [1.54, 1.807) is 12.1 Å². The van der Waals surface area contributed by atoms with E-state index in [9.17, 15) is 14.0 Å². The van der Waals surface area contributed by atoms with Gasteiger partial charge in [-0.25, -0.2) is 9.18 Å². The predicted molar refractivity (Wildman–Crippen MR) is 116 cm³/mol. The number of aromatic amines is 1. The highest BCUT2D eigenvalue weighted by atomic mass is 35.5. The third-order valence-electron chi connectivity index (χ3n) is 5.49. The number of hydrogen-bond donors (Lipinski definition) is 2. The van der Waals surface area contributed by atoms with Gasteiger partial charge < -0.3 is 15.2 Å². The van der Waals surface area contributed by atoms with Gasteiger partial charge in [0.2, 0.25) is 0 Å². The van der Waals surface area contributed by atoms with Crippen molar-refractivity contribution >= 4 is 40.1 Å². The molecule has 0 bridgehead atoms. The summed E-state index contributed by atoms with van der Waals surface area (Å²) in [7, 11) is 0. The second kappa shape index (κ2) is 8.79. The molecule has 0 unspecified atom stereocenters. The molecule has 1 aromatic heterocycles. The molecule has 9 heteroatoms. The lowest BCUT2D eigenvalue weighted by molar-refractivity contribution is 0.0944. The minimum Gasteiger partial charge on any atom is -0.351 e. The van der Waals surface area contributed by atoms with Crippen molar-refractivity contribution in [3.8, 4) is 0 Å². The first-order valence-electron chi connectivity index (χ1n) is 9.78. The van der Waals surface area contributed by atoms with E-state index in [1.165, 1.54) is 12.1 Å². The summed E-state index contributed by atoms with van der Waals surface area (Å²) >= 11 is 11.9. The van der Waals surface area contributed by atoms with Gasteiger partial charge in [0.1, 0.15) is 5.82 Å². The van der Waals surface area contributed by atoms with Crippen LogP contribution in [0.3, 0.4) is 0 Å². The molecular weight excluding hydrogens is 430 g/mol. The fraction of sp³-hybridized carbons (Fsp3) is 0.333. The average Bonchev–Trinajstić information content (AvgIpc) is 3.03. The maximum Gasteiger partial charge on any atom is 0.326 e. The highest BCUT2D eigenvalue weighted by Gasteiger charge is 2.23. The van der Waals surface area contributed by atoms with E-state index in [2.05, 4.69) is 15.2 Å². The molecule has 2 aromatic carbocycles. The fourth-order valence-corrected chi connectivity index (χ4v) is 4.39. The summed E-state index contributed by atoms with van der Waals surface area (Å²) in [5.41, 5.74) is 1.76. The van der Waals surface area contributed by atoms with Crippen LogP contribution in [0.15, 0.2) is 41.2 Å². The summed E-state index contributed by atoms with van der Waals surface area (Å²) in [6, 6.07) is 9.27. The summed E-state index contributed by atoms with van der Waals surface area (Å²) < 4.78 is 14.9. The van der Waals surface area contributed by atoms with E-state index in [-0.39, 0.29) is 28.2 Å². The molecule has 30 heavy (non-hydrogen) atoms. The van der Waals surface area contributed by atoms with Gasteiger partial charge in [-0.1, -0.05) is 23.2 Å². The zero-order valence-corrected chi connectivity index (χ0v) is 17.6. The first-order valence-corrected chi connectivity index (χ1v) is 10.5. The zero-order valence-electron chi connectivity index (χ0n) is 16.1. The molecule has 0 radical (unpaired) electrons. The lowest BCUT2D eigenvalue weighted by atomic mass is 10.0. The summed E-state index contributed by atoms with van der Waals surface area (Å²) in [4.78, 5) is 29.8. The molecule has 6 nitrogen and oxygen atoms in total. The zero-order chi connectivity index (χ0) is 21.3.